The molecule has 3 rings (SSSR count). The first-order chi connectivity index (χ1) is 9.04. The zero-order valence-corrected chi connectivity index (χ0v) is 11.1. The molecule has 0 saturated carbocycles. The fraction of sp³-hybridized carbons (Fsp3) is 0.500. The number of amidine groups is 1. The third-order valence-electron chi connectivity index (χ3n) is 3.34. The van der Waals surface area contributed by atoms with Gasteiger partial charge in [0.1, 0.15) is 12.0 Å². The Balaban J connectivity index is 2.07. The molecule has 0 aromatic carbocycles. The number of oxazole rings is 1. The number of likely N-dealkylation sites (N-methyl/N-ethyl adjacent to an activating group) is 1. The Morgan fingerprint density at radius 2 is 2.21 bits per heavy atom. The molecular weight excluding hydrogens is 248 g/mol. The molecule has 7 heteroatoms. The van der Waals surface area contributed by atoms with Crippen LogP contribution in [0.15, 0.2) is 15.6 Å². The first-order valence-electron chi connectivity index (χ1n) is 6.23. The first-order valence-corrected chi connectivity index (χ1v) is 6.23. The van der Waals surface area contributed by atoms with Gasteiger partial charge in [-0.1, -0.05) is 6.92 Å². The number of amides is 3. The van der Waals surface area contributed by atoms with Crippen molar-refractivity contribution in [3.8, 4) is 0 Å². The molecule has 3 amide bonds. The second kappa shape index (κ2) is 3.91. The van der Waals surface area contributed by atoms with Gasteiger partial charge < -0.3 is 4.42 Å². The maximum atomic E-state index is 12.5. The van der Waals surface area contributed by atoms with Gasteiger partial charge in [-0.05, 0) is 13.3 Å². The zero-order valence-electron chi connectivity index (χ0n) is 11.1. The molecule has 2 aliphatic rings. The van der Waals surface area contributed by atoms with Crippen molar-refractivity contribution < 1.29 is 18.6 Å². The number of hydrogen-bond donors (Lipinski definition) is 0. The summed E-state index contributed by atoms with van der Waals surface area (Å²) in [6.45, 7) is 4.14. The lowest BCUT2D eigenvalue weighted by Gasteiger charge is -2.31. The van der Waals surface area contributed by atoms with E-state index in [2.05, 4.69) is 4.99 Å². The third kappa shape index (κ3) is 1.50. The molecule has 0 N–H and O–H groups in total. The van der Waals surface area contributed by atoms with Gasteiger partial charge in [0, 0.05) is 18.6 Å². The molecule has 1 aromatic rings. The Morgan fingerprint density at radius 3 is 2.89 bits per heavy atom. The van der Waals surface area contributed by atoms with Gasteiger partial charge in [0.05, 0.1) is 0 Å². The fourth-order valence-corrected chi connectivity index (χ4v) is 2.46. The van der Waals surface area contributed by atoms with E-state index < -0.39 is 6.04 Å². The van der Waals surface area contributed by atoms with Crippen molar-refractivity contribution in [2.24, 2.45) is 4.99 Å². The zero-order chi connectivity index (χ0) is 13.7. The number of fused-ring (bicyclic) bond motifs is 3. The normalized spacial score (nSPS) is 21.6. The average molecular weight is 263 g/mol. The van der Waals surface area contributed by atoms with E-state index in [0.29, 0.717) is 24.2 Å². The van der Waals surface area contributed by atoms with Crippen LogP contribution in [0.1, 0.15) is 25.1 Å². The standard InChI is InChI=1S/C12H15N4O3/c1-4-5-15-10(17)8-9(14(3)12(15)18)13-11-16(8)6-7(2)19-11/h6,8H,4-5H2,1-3H3/q+1. The van der Waals surface area contributed by atoms with Gasteiger partial charge in [-0.2, -0.15) is 4.57 Å². The summed E-state index contributed by atoms with van der Waals surface area (Å²) < 4.78 is 7.09. The summed E-state index contributed by atoms with van der Waals surface area (Å²) in [5.41, 5.74) is 0. The number of hydrogen-bond acceptors (Lipinski definition) is 4. The molecule has 0 bridgehead atoms. The molecule has 1 atom stereocenters. The van der Waals surface area contributed by atoms with Gasteiger partial charge in [-0.25, -0.2) is 4.79 Å². The summed E-state index contributed by atoms with van der Waals surface area (Å²) in [4.78, 5) is 31.5. The van der Waals surface area contributed by atoms with E-state index in [0.717, 1.165) is 6.42 Å². The van der Waals surface area contributed by atoms with Crippen molar-refractivity contribution in [2.45, 2.75) is 26.3 Å². The van der Waals surface area contributed by atoms with Crippen LogP contribution in [0.2, 0.25) is 0 Å². The van der Waals surface area contributed by atoms with E-state index in [1.54, 1.807) is 24.7 Å². The molecule has 7 nitrogen and oxygen atoms in total. The van der Waals surface area contributed by atoms with Crippen LogP contribution in [0.4, 0.5) is 10.8 Å². The Bertz CT molecular complexity index is 604. The molecule has 0 aliphatic carbocycles. The molecule has 1 saturated heterocycles. The summed E-state index contributed by atoms with van der Waals surface area (Å²) in [5, 5.41) is 0. The second-order valence-corrected chi connectivity index (χ2v) is 4.74. The minimum atomic E-state index is -0.582. The first kappa shape index (κ1) is 11.9. The van der Waals surface area contributed by atoms with Crippen molar-refractivity contribution >= 4 is 23.8 Å². The summed E-state index contributed by atoms with van der Waals surface area (Å²) in [6.07, 6.45) is 2.47. The van der Waals surface area contributed by atoms with Crippen molar-refractivity contribution in [1.82, 2.24) is 9.80 Å². The van der Waals surface area contributed by atoms with E-state index in [4.69, 9.17) is 4.42 Å². The van der Waals surface area contributed by atoms with E-state index in [9.17, 15) is 9.59 Å². The van der Waals surface area contributed by atoms with Crippen LogP contribution in [-0.4, -0.2) is 41.2 Å². The number of aliphatic imine (C=N–C) groups is 1. The molecule has 0 radical (unpaired) electrons. The van der Waals surface area contributed by atoms with Crippen LogP contribution in [0.25, 0.3) is 0 Å². The van der Waals surface area contributed by atoms with Crippen LogP contribution in [0, 0.1) is 6.92 Å². The molecule has 1 fully saturated rings. The molecule has 1 unspecified atom stereocenters. The topological polar surface area (TPSA) is 70.0 Å². The number of carbonyl (C=O) groups excluding carboxylic acids is 2. The van der Waals surface area contributed by atoms with Crippen molar-refractivity contribution in [3.63, 3.8) is 0 Å². The lowest BCUT2D eigenvalue weighted by molar-refractivity contribution is -0.679. The highest BCUT2D eigenvalue weighted by molar-refractivity contribution is 6.18. The van der Waals surface area contributed by atoms with Gasteiger partial charge in [-0.15, -0.1) is 0 Å². The number of aromatic nitrogens is 1. The maximum Gasteiger partial charge on any atom is 0.506 e. The van der Waals surface area contributed by atoms with Crippen molar-refractivity contribution in [2.75, 3.05) is 13.6 Å². The fourth-order valence-electron chi connectivity index (χ4n) is 2.46. The summed E-state index contributed by atoms with van der Waals surface area (Å²) in [7, 11) is 1.63. The summed E-state index contributed by atoms with van der Waals surface area (Å²) >= 11 is 0. The minimum Gasteiger partial charge on any atom is -0.390 e. The smallest absolute Gasteiger partial charge is 0.390 e. The number of rotatable bonds is 2. The third-order valence-corrected chi connectivity index (χ3v) is 3.34. The van der Waals surface area contributed by atoms with E-state index >= 15 is 0 Å². The molecule has 19 heavy (non-hydrogen) atoms. The number of carbonyl (C=O) groups is 2. The number of imide groups is 1. The Kier molecular flexibility index (Phi) is 2.44. The second-order valence-electron chi connectivity index (χ2n) is 4.74. The monoisotopic (exact) mass is 263 g/mol. The van der Waals surface area contributed by atoms with Gasteiger partial charge in [-0.3, -0.25) is 14.6 Å². The van der Waals surface area contributed by atoms with Crippen molar-refractivity contribution in [3.05, 3.63) is 12.0 Å². The molecule has 3 heterocycles. The predicted molar refractivity (Wildman–Crippen MR) is 64.9 cm³/mol. The Morgan fingerprint density at radius 1 is 1.47 bits per heavy atom. The van der Waals surface area contributed by atoms with E-state index in [1.807, 2.05) is 6.92 Å². The SMILES string of the molecule is CCCN1C(=O)C2C(=Nc3oc(C)c[n+]32)N(C)C1=O. The molecule has 1 aromatic heterocycles. The van der Waals surface area contributed by atoms with E-state index in [1.165, 1.54) is 9.80 Å². The van der Waals surface area contributed by atoms with Crippen LogP contribution >= 0.6 is 0 Å². The number of nitrogens with zero attached hydrogens (tertiary/aromatic N) is 4. The highest BCUT2D eigenvalue weighted by Crippen LogP contribution is 2.28. The molecule has 2 aliphatic heterocycles. The largest absolute Gasteiger partial charge is 0.506 e. The van der Waals surface area contributed by atoms with Crippen molar-refractivity contribution in [1.29, 1.82) is 0 Å². The van der Waals surface area contributed by atoms with Gasteiger partial charge in [0.25, 0.3) is 17.8 Å². The molecule has 0 spiro atoms. The highest BCUT2D eigenvalue weighted by atomic mass is 16.4. The van der Waals surface area contributed by atoms with Crippen LogP contribution in [0.5, 0.6) is 0 Å². The Labute approximate surface area is 110 Å². The van der Waals surface area contributed by atoms with Crippen LogP contribution < -0.4 is 4.57 Å². The Hall–Kier alpha value is -2.18. The van der Waals surface area contributed by atoms with Crippen LogP contribution in [-0.2, 0) is 4.79 Å². The lowest BCUT2D eigenvalue weighted by atomic mass is 10.1. The van der Waals surface area contributed by atoms with Gasteiger partial charge in [0.15, 0.2) is 0 Å². The molecular formula is C12H15N4O3+. The summed E-state index contributed by atoms with van der Waals surface area (Å²) in [5.74, 6) is 0.876. The highest BCUT2D eigenvalue weighted by Gasteiger charge is 2.54. The summed E-state index contributed by atoms with van der Waals surface area (Å²) in [6, 6.07) is -0.546. The minimum absolute atomic E-state index is 0.242. The quantitative estimate of drug-likeness (QED) is 0.740. The van der Waals surface area contributed by atoms with E-state index in [-0.39, 0.29) is 11.9 Å². The predicted octanol–water partition coefficient (Wildman–Crippen LogP) is 0.764. The average Bonchev–Trinajstić information content (AvgIpc) is 2.87. The lowest BCUT2D eigenvalue weighted by Crippen LogP contribution is -2.62. The van der Waals surface area contributed by atoms with Crippen LogP contribution in [0.3, 0.4) is 0 Å². The number of aryl methyl sites for hydroxylation is 1. The molecule has 100 valence electrons. The van der Waals surface area contributed by atoms with Gasteiger partial charge >= 0.3 is 12.0 Å². The van der Waals surface area contributed by atoms with Gasteiger partial charge in [0.2, 0.25) is 0 Å². The number of urea groups is 1. The maximum absolute atomic E-state index is 12.5.